The molecule has 134 valence electrons. The van der Waals surface area contributed by atoms with E-state index in [1.807, 2.05) is 18.2 Å². The van der Waals surface area contributed by atoms with E-state index in [0.29, 0.717) is 23.0 Å². The van der Waals surface area contributed by atoms with E-state index in [1.165, 1.54) is 7.11 Å². The van der Waals surface area contributed by atoms with Gasteiger partial charge in [0, 0.05) is 5.57 Å². The van der Waals surface area contributed by atoms with E-state index in [1.54, 1.807) is 46.8 Å². The Labute approximate surface area is 147 Å². The number of phenols is 1. The van der Waals surface area contributed by atoms with Crippen molar-refractivity contribution >= 4 is 5.57 Å². The van der Waals surface area contributed by atoms with E-state index in [4.69, 9.17) is 23.7 Å². The minimum absolute atomic E-state index is 0.0365. The highest BCUT2D eigenvalue weighted by Gasteiger charge is 2.17. The number of benzene rings is 2. The molecule has 0 aliphatic carbocycles. The minimum Gasteiger partial charge on any atom is -0.504 e. The van der Waals surface area contributed by atoms with E-state index >= 15 is 0 Å². The second-order valence-corrected chi connectivity index (χ2v) is 5.07. The summed E-state index contributed by atoms with van der Waals surface area (Å²) in [6.07, 6.45) is 1.59. The van der Waals surface area contributed by atoms with Crippen molar-refractivity contribution < 1.29 is 28.8 Å². The van der Waals surface area contributed by atoms with Gasteiger partial charge in [-0.25, -0.2) is 0 Å². The van der Waals surface area contributed by atoms with Crippen LogP contribution in [0, 0.1) is 0 Å². The predicted octanol–water partition coefficient (Wildman–Crippen LogP) is 3.46. The van der Waals surface area contributed by atoms with E-state index < -0.39 is 0 Å². The van der Waals surface area contributed by atoms with Crippen LogP contribution in [-0.2, 0) is 4.74 Å². The van der Waals surface area contributed by atoms with E-state index in [0.717, 1.165) is 16.7 Å². The Kier molecular flexibility index (Phi) is 6.00. The maximum Gasteiger partial charge on any atom is 0.203 e. The van der Waals surface area contributed by atoms with Gasteiger partial charge >= 0.3 is 0 Å². The zero-order valence-electron chi connectivity index (χ0n) is 15.0. The normalized spacial score (nSPS) is 11.0. The van der Waals surface area contributed by atoms with Crippen molar-refractivity contribution in [1.82, 2.24) is 0 Å². The molecule has 0 radical (unpaired) electrons. The van der Waals surface area contributed by atoms with Gasteiger partial charge in [0.15, 0.2) is 23.0 Å². The quantitative estimate of drug-likeness (QED) is 0.775. The molecule has 6 nitrogen and oxygen atoms in total. The molecule has 0 fully saturated rings. The van der Waals surface area contributed by atoms with Gasteiger partial charge in [-0.05, 0) is 35.4 Å². The number of rotatable bonds is 7. The number of hydrogen-bond donors (Lipinski definition) is 1. The molecule has 0 spiro atoms. The number of aromatic hydroxyl groups is 1. The number of ether oxygens (including phenoxy) is 5. The monoisotopic (exact) mass is 346 g/mol. The van der Waals surface area contributed by atoms with Crippen LogP contribution < -0.4 is 18.9 Å². The predicted molar refractivity (Wildman–Crippen MR) is 94.8 cm³/mol. The molecule has 2 aromatic carbocycles. The van der Waals surface area contributed by atoms with Gasteiger partial charge in [-0.3, -0.25) is 0 Å². The van der Waals surface area contributed by atoms with Crippen molar-refractivity contribution in [2.75, 3.05) is 35.5 Å². The van der Waals surface area contributed by atoms with Crippen molar-refractivity contribution in [1.29, 1.82) is 0 Å². The second kappa shape index (κ2) is 8.19. The highest BCUT2D eigenvalue weighted by Crippen LogP contribution is 2.41. The molecule has 1 N–H and O–H groups in total. The largest absolute Gasteiger partial charge is 0.504 e. The fourth-order valence-electron chi connectivity index (χ4n) is 2.51. The Hall–Kier alpha value is -3.02. The van der Waals surface area contributed by atoms with E-state index in [2.05, 4.69) is 0 Å². The van der Waals surface area contributed by atoms with Crippen LogP contribution in [0.5, 0.6) is 28.7 Å². The zero-order chi connectivity index (χ0) is 18.4. The smallest absolute Gasteiger partial charge is 0.203 e. The lowest BCUT2D eigenvalue weighted by atomic mass is 9.98. The molecule has 0 unspecified atom stereocenters. The first kappa shape index (κ1) is 18.3. The maximum absolute atomic E-state index is 10.1. The Balaban J connectivity index is 2.62. The SMILES string of the molecule is CO/C=C(\c1ccc(OC)c(O)c1)c1cc(OC)c(OC)c(OC)c1. The van der Waals surface area contributed by atoms with Crippen LogP contribution in [0.3, 0.4) is 0 Å². The van der Waals surface area contributed by atoms with Crippen LogP contribution in [0.2, 0.25) is 0 Å². The molecule has 2 rings (SSSR count). The molecule has 25 heavy (non-hydrogen) atoms. The first-order chi connectivity index (χ1) is 12.1. The molecule has 0 heterocycles. The highest BCUT2D eigenvalue weighted by atomic mass is 16.5. The molecular formula is C19H22O6. The molecule has 0 aromatic heterocycles. The summed E-state index contributed by atoms with van der Waals surface area (Å²) in [5.41, 5.74) is 2.26. The topological polar surface area (TPSA) is 66.4 Å². The first-order valence-electron chi connectivity index (χ1n) is 7.50. The van der Waals surface area contributed by atoms with Gasteiger partial charge in [0.05, 0.1) is 41.8 Å². The summed E-state index contributed by atoms with van der Waals surface area (Å²) in [5, 5.41) is 10.1. The first-order valence-corrected chi connectivity index (χ1v) is 7.50. The minimum atomic E-state index is 0.0365. The molecule has 0 aliphatic heterocycles. The number of hydrogen-bond acceptors (Lipinski definition) is 6. The Bertz CT molecular complexity index is 741. The van der Waals surface area contributed by atoms with Gasteiger partial charge in [0.25, 0.3) is 0 Å². The number of phenolic OH excluding ortho intramolecular Hbond substituents is 1. The van der Waals surface area contributed by atoms with Gasteiger partial charge in [0.1, 0.15) is 0 Å². The van der Waals surface area contributed by atoms with Gasteiger partial charge in [-0.2, -0.15) is 0 Å². The van der Waals surface area contributed by atoms with E-state index in [-0.39, 0.29) is 5.75 Å². The summed E-state index contributed by atoms with van der Waals surface area (Å²) in [5.74, 6) is 1.98. The summed E-state index contributed by atoms with van der Waals surface area (Å²) >= 11 is 0. The Morgan fingerprint density at radius 3 is 1.80 bits per heavy atom. The Morgan fingerprint density at radius 1 is 0.760 bits per heavy atom. The van der Waals surface area contributed by atoms with Crippen molar-refractivity contribution in [3.05, 3.63) is 47.7 Å². The molecule has 0 atom stereocenters. The average molecular weight is 346 g/mol. The van der Waals surface area contributed by atoms with Crippen LogP contribution in [0.15, 0.2) is 36.6 Å². The van der Waals surface area contributed by atoms with Gasteiger partial charge in [-0.15, -0.1) is 0 Å². The third-order valence-corrected chi connectivity index (χ3v) is 3.70. The fraction of sp³-hybridized carbons (Fsp3) is 0.263. The molecule has 0 saturated carbocycles. The second-order valence-electron chi connectivity index (χ2n) is 5.07. The summed E-state index contributed by atoms with van der Waals surface area (Å²) in [4.78, 5) is 0. The number of methoxy groups -OCH3 is 5. The summed E-state index contributed by atoms with van der Waals surface area (Å²) in [7, 11) is 7.72. The zero-order valence-corrected chi connectivity index (χ0v) is 15.0. The summed E-state index contributed by atoms with van der Waals surface area (Å²) < 4.78 is 26.5. The van der Waals surface area contributed by atoms with Gasteiger partial charge in [0.2, 0.25) is 5.75 Å². The highest BCUT2D eigenvalue weighted by molar-refractivity contribution is 5.82. The van der Waals surface area contributed by atoms with E-state index in [9.17, 15) is 5.11 Å². The molecule has 0 saturated heterocycles. The Morgan fingerprint density at radius 2 is 1.36 bits per heavy atom. The van der Waals surface area contributed by atoms with Crippen LogP contribution in [0.25, 0.3) is 5.57 Å². The maximum atomic E-state index is 10.1. The van der Waals surface area contributed by atoms with Crippen molar-refractivity contribution in [2.24, 2.45) is 0 Å². The third-order valence-electron chi connectivity index (χ3n) is 3.70. The third kappa shape index (κ3) is 3.74. The van der Waals surface area contributed by atoms with Gasteiger partial charge in [-0.1, -0.05) is 6.07 Å². The average Bonchev–Trinajstić information content (AvgIpc) is 2.64. The van der Waals surface area contributed by atoms with Crippen molar-refractivity contribution in [3.63, 3.8) is 0 Å². The van der Waals surface area contributed by atoms with Crippen molar-refractivity contribution in [2.45, 2.75) is 0 Å². The molecule has 6 heteroatoms. The fourth-order valence-corrected chi connectivity index (χ4v) is 2.51. The lowest BCUT2D eigenvalue weighted by Crippen LogP contribution is -1.98. The van der Waals surface area contributed by atoms with Crippen molar-refractivity contribution in [3.8, 4) is 28.7 Å². The molecular weight excluding hydrogens is 324 g/mol. The van der Waals surface area contributed by atoms with Crippen LogP contribution >= 0.6 is 0 Å². The van der Waals surface area contributed by atoms with Crippen LogP contribution in [0.4, 0.5) is 0 Å². The van der Waals surface area contributed by atoms with Crippen LogP contribution in [-0.4, -0.2) is 40.7 Å². The molecule has 0 bridgehead atoms. The van der Waals surface area contributed by atoms with Gasteiger partial charge < -0.3 is 28.8 Å². The summed E-state index contributed by atoms with van der Waals surface area (Å²) in [6.45, 7) is 0. The standard InChI is InChI=1S/C19H22O6/c1-21-11-14(12-6-7-16(22-2)15(20)8-12)13-9-17(23-3)19(25-5)18(10-13)24-4/h6-11,20H,1-5H3/b14-11+. The van der Waals surface area contributed by atoms with Crippen LogP contribution in [0.1, 0.15) is 11.1 Å². The molecule has 2 aromatic rings. The summed E-state index contributed by atoms with van der Waals surface area (Å²) in [6, 6.07) is 8.74. The lowest BCUT2D eigenvalue weighted by molar-refractivity contribution is 0.324. The molecule has 0 aliphatic rings. The lowest BCUT2D eigenvalue weighted by Gasteiger charge is -2.16. The molecule has 0 amide bonds.